The van der Waals surface area contributed by atoms with E-state index in [1.165, 1.54) is 9.87 Å². The van der Waals surface area contributed by atoms with Gasteiger partial charge in [-0.05, 0) is 59.6 Å². The highest BCUT2D eigenvalue weighted by atomic mass is 32.2. The highest BCUT2D eigenvalue weighted by molar-refractivity contribution is 7.89. The zero-order valence-electron chi connectivity index (χ0n) is 14.4. The molecule has 2 aromatic rings. The molecule has 1 aliphatic heterocycles. The molecule has 0 bridgehead atoms. The van der Waals surface area contributed by atoms with E-state index in [1.54, 1.807) is 11.3 Å². The third-order valence-corrected chi connectivity index (χ3v) is 6.87. The van der Waals surface area contributed by atoms with E-state index in [0.29, 0.717) is 26.1 Å². The predicted molar refractivity (Wildman–Crippen MR) is 96.1 cm³/mol. The lowest BCUT2D eigenvalue weighted by Crippen LogP contribution is -2.35. The molecule has 0 amide bonds. The number of nitrogens with zero attached hydrogens (tertiary/aromatic N) is 2. The second-order valence-corrected chi connectivity index (χ2v) is 8.90. The Labute approximate surface area is 160 Å². The standard InChI is InChI=1S/C17H19F3N2O3S2/c18-17(19,20)25-15-2-4-16(5-3-15)27(23,24)22-8-1-7-21(9-10-22)12-14-6-11-26-13-14/h2-6,11,13H,1,7-10,12H2. The fourth-order valence-corrected chi connectivity index (χ4v) is 5.08. The molecule has 0 atom stereocenters. The third kappa shape index (κ3) is 5.44. The van der Waals surface area contributed by atoms with Gasteiger partial charge in [0.05, 0.1) is 4.90 Å². The zero-order chi connectivity index (χ0) is 19.5. The van der Waals surface area contributed by atoms with Crippen LogP contribution in [-0.4, -0.2) is 50.2 Å². The van der Waals surface area contributed by atoms with Crippen molar-refractivity contribution in [3.8, 4) is 5.75 Å². The number of halogens is 3. The number of hydrogen-bond donors (Lipinski definition) is 0. The van der Waals surface area contributed by atoms with Crippen molar-refractivity contribution >= 4 is 21.4 Å². The molecule has 0 aliphatic carbocycles. The minimum absolute atomic E-state index is 0.0386. The van der Waals surface area contributed by atoms with Gasteiger partial charge in [0.15, 0.2) is 0 Å². The van der Waals surface area contributed by atoms with Gasteiger partial charge in [-0.1, -0.05) is 0 Å². The van der Waals surface area contributed by atoms with Gasteiger partial charge in [-0.25, -0.2) is 8.42 Å². The first-order valence-electron chi connectivity index (χ1n) is 8.33. The van der Waals surface area contributed by atoms with Crippen LogP contribution in [0.25, 0.3) is 0 Å². The Morgan fingerprint density at radius 2 is 1.78 bits per heavy atom. The Morgan fingerprint density at radius 3 is 2.41 bits per heavy atom. The first-order chi connectivity index (χ1) is 12.7. The molecule has 0 spiro atoms. The van der Waals surface area contributed by atoms with Gasteiger partial charge in [0.25, 0.3) is 0 Å². The quantitative estimate of drug-likeness (QED) is 0.743. The van der Waals surface area contributed by atoms with Crippen LogP contribution in [0.3, 0.4) is 0 Å². The van der Waals surface area contributed by atoms with Gasteiger partial charge in [-0.3, -0.25) is 4.90 Å². The van der Waals surface area contributed by atoms with Gasteiger partial charge < -0.3 is 4.74 Å². The minimum Gasteiger partial charge on any atom is -0.406 e. The summed E-state index contributed by atoms with van der Waals surface area (Å²) >= 11 is 1.63. The Balaban J connectivity index is 1.65. The molecule has 5 nitrogen and oxygen atoms in total. The van der Waals surface area contributed by atoms with Gasteiger partial charge in [-0.15, -0.1) is 13.2 Å². The number of ether oxygens (including phenoxy) is 1. The number of alkyl halides is 3. The van der Waals surface area contributed by atoms with Crippen LogP contribution in [0.2, 0.25) is 0 Å². The summed E-state index contributed by atoms with van der Waals surface area (Å²) in [6, 6.07) is 6.37. The molecule has 27 heavy (non-hydrogen) atoms. The Hall–Kier alpha value is -1.62. The van der Waals surface area contributed by atoms with Crippen molar-refractivity contribution in [3.05, 3.63) is 46.7 Å². The van der Waals surface area contributed by atoms with Gasteiger partial charge in [-0.2, -0.15) is 15.6 Å². The highest BCUT2D eigenvalue weighted by Crippen LogP contribution is 2.25. The van der Waals surface area contributed by atoms with Gasteiger partial charge in [0.1, 0.15) is 5.75 Å². The molecule has 0 radical (unpaired) electrons. The monoisotopic (exact) mass is 420 g/mol. The second-order valence-electron chi connectivity index (χ2n) is 6.18. The summed E-state index contributed by atoms with van der Waals surface area (Å²) in [7, 11) is -3.76. The van der Waals surface area contributed by atoms with Gasteiger partial charge >= 0.3 is 6.36 Å². The van der Waals surface area contributed by atoms with Crippen LogP contribution < -0.4 is 4.74 Å². The largest absolute Gasteiger partial charge is 0.573 e. The molecule has 148 valence electrons. The Kier molecular flexibility index (Phi) is 6.09. The average molecular weight is 420 g/mol. The molecular weight excluding hydrogens is 401 g/mol. The molecule has 1 aliphatic rings. The van der Waals surface area contributed by atoms with Crippen molar-refractivity contribution in [3.63, 3.8) is 0 Å². The van der Waals surface area contributed by atoms with Crippen LogP contribution in [0.4, 0.5) is 13.2 Å². The van der Waals surface area contributed by atoms with E-state index in [9.17, 15) is 21.6 Å². The molecule has 1 fully saturated rings. The SMILES string of the molecule is O=S(=O)(c1ccc(OC(F)(F)F)cc1)N1CCCN(Cc2ccsc2)CC1. The van der Waals surface area contributed by atoms with E-state index in [-0.39, 0.29) is 4.90 Å². The van der Waals surface area contributed by atoms with E-state index in [0.717, 1.165) is 37.4 Å². The van der Waals surface area contributed by atoms with Gasteiger partial charge in [0, 0.05) is 26.2 Å². The first kappa shape index (κ1) is 20.1. The van der Waals surface area contributed by atoms with Crippen molar-refractivity contribution in [2.24, 2.45) is 0 Å². The van der Waals surface area contributed by atoms with E-state index in [2.05, 4.69) is 21.1 Å². The van der Waals surface area contributed by atoms with Crippen molar-refractivity contribution in [2.45, 2.75) is 24.2 Å². The van der Waals surface area contributed by atoms with Crippen molar-refractivity contribution in [1.82, 2.24) is 9.21 Å². The lowest BCUT2D eigenvalue weighted by molar-refractivity contribution is -0.274. The smallest absolute Gasteiger partial charge is 0.406 e. The third-order valence-electron chi connectivity index (χ3n) is 4.23. The topological polar surface area (TPSA) is 49.9 Å². The van der Waals surface area contributed by atoms with Crippen LogP contribution in [0.5, 0.6) is 5.75 Å². The average Bonchev–Trinajstić information content (AvgIpc) is 2.97. The number of hydrogen-bond acceptors (Lipinski definition) is 5. The van der Waals surface area contributed by atoms with E-state index in [1.807, 2.05) is 5.38 Å². The normalized spacial score (nSPS) is 17.6. The fourth-order valence-electron chi connectivity index (χ4n) is 2.95. The predicted octanol–water partition coefficient (Wildman–Crippen LogP) is 3.54. The van der Waals surface area contributed by atoms with Crippen LogP contribution in [0.1, 0.15) is 12.0 Å². The molecule has 1 saturated heterocycles. The lowest BCUT2D eigenvalue weighted by atomic mass is 10.3. The van der Waals surface area contributed by atoms with Crippen LogP contribution in [0, 0.1) is 0 Å². The summed E-state index contributed by atoms with van der Waals surface area (Å²) in [5.41, 5.74) is 1.21. The minimum atomic E-state index is -4.81. The molecule has 10 heteroatoms. The number of benzene rings is 1. The number of thiophene rings is 1. The summed E-state index contributed by atoms with van der Waals surface area (Å²) in [4.78, 5) is 2.17. The van der Waals surface area contributed by atoms with E-state index >= 15 is 0 Å². The van der Waals surface area contributed by atoms with E-state index in [4.69, 9.17) is 0 Å². The fraction of sp³-hybridized carbons (Fsp3) is 0.412. The molecule has 1 aromatic carbocycles. The first-order valence-corrected chi connectivity index (χ1v) is 10.7. The zero-order valence-corrected chi connectivity index (χ0v) is 16.0. The number of sulfonamides is 1. The number of rotatable bonds is 5. The molecule has 0 unspecified atom stereocenters. The molecule has 3 rings (SSSR count). The summed E-state index contributed by atoms with van der Waals surface area (Å²) in [5, 5.41) is 4.08. The highest BCUT2D eigenvalue weighted by Gasteiger charge is 2.32. The van der Waals surface area contributed by atoms with Crippen LogP contribution >= 0.6 is 11.3 Å². The van der Waals surface area contributed by atoms with Crippen LogP contribution in [-0.2, 0) is 16.6 Å². The van der Waals surface area contributed by atoms with Crippen LogP contribution in [0.15, 0.2) is 46.0 Å². The maximum absolute atomic E-state index is 12.8. The summed E-state index contributed by atoms with van der Waals surface area (Å²) in [6.07, 6.45) is -4.12. The van der Waals surface area contributed by atoms with Crippen molar-refractivity contribution in [2.75, 3.05) is 26.2 Å². The van der Waals surface area contributed by atoms with Crippen molar-refractivity contribution < 1.29 is 26.3 Å². The maximum Gasteiger partial charge on any atom is 0.573 e. The Bertz CT molecular complexity index is 837. The molecule has 0 saturated carbocycles. The lowest BCUT2D eigenvalue weighted by Gasteiger charge is -2.21. The molecule has 1 aromatic heterocycles. The molecular formula is C17H19F3N2O3S2. The summed E-state index contributed by atoms with van der Waals surface area (Å²) in [5.74, 6) is -0.445. The Morgan fingerprint density at radius 1 is 1.04 bits per heavy atom. The van der Waals surface area contributed by atoms with Gasteiger partial charge in [0.2, 0.25) is 10.0 Å². The molecule has 0 N–H and O–H groups in total. The second kappa shape index (κ2) is 8.17. The summed E-state index contributed by atoms with van der Waals surface area (Å²) in [6.45, 7) is 2.89. The summed E-state index contributed by atoms with van der Waals surface area (Å²) < 4.78 is 67.5. The maximum atomic E-state index is 12.8. The van der Waals surface area contributed by atoms with Crippen molar-refractivity contribution in [1.29, 1.82) is 0 Å². The molecule has 2 heterocycles. The van der Waals surface area contributed by atoms with E-state index < -0.39 is 22.1 Å².